The van der Waals surface area contributed by atoms with Gasteiger partial charge >= 0.3 is 0 Å². The number of halogens is 1. The Morgan fingerprint density at radius 3 is 2.32 bits per heavy atom. The molecule has 0 amide bonds. The van der Waals surface area contributed by atoms with Crippen LogP contribution in [0.15, 0.2) is 66.7 Å². The van der Waals surface area contributed by atoms with Gasteiger partial charge in [0.2, 0.25) is 0 Å². The van der Waals surface area contributed by atoms with Crippen LogP contribution in [0.4, 0.5) is 11.4 Å². The van der Waals surface area contributed by atoms with Gasteiger partial charge in [-0.15, -0.1) is 0 Å². The van der Waals surface area contributed by atoms with E-state index in [4.69, 9.17) is 21.1 Å². The van der Waals surface area contributed by atoms with Gasteiger partial charge in [-0.3, -0.25) is 10.1 Å². The minimum atomic E-state index is -0.790. The van der Waals surface area contributed by atoms with E-state index in [-0.39, 0.29) is 11.7 Å². The minimum absolute atomic E-state index is 0.0192. The van der Waals surface area contributed by atoms with Crippen LogP contribution in [-0.2, 0) is 0 Å². The van der Waals surface area contributed by atoms with Crippen LogP contribution in [0.25, 0.3) is 0 Å². The van der Waals surface area contributed by atoms with E-state index in [2.05, 4.69) is 5.32 Å². The number of nitro benzene ring substituents is 1. The van der Waals surface area contributed by atoms with E-state index < -0.39 is 11.0 Å². The minimum Gasteiger partial charge on any atom is -0.493 e. The molecule has 3 aromatic carbocycles. The number of rotatable bonds is 9. The molecule has 0 radical (unpaired) electrons. The molecule has 2 unspecified atom stereocenters. The third kappa shape index (κ3) is 5.65. The van der Waals surface area contributed by atoms with E-state index in [1.165, 1.54) is 12.1 Å². The Kier molecular flexibility index (Phi) is 7.33. The highest BCUT2D eigenvalue weighted by Crippen LogP contribution is 2.35. The Morgan fingerprint density at radius 1 is 1.00 bits per heavy atom. The molecule has 0 fully saturated rings. The van der Waals surface area contributed by atoms with E-state index >= 15 is 0 Å². The number of aliphatic hydroxyl groups excluding tert-OH is 1. The molecular formula is C23H23ClN2O5. The molecule has 0 aliphatic carbocycles. The van der Waals surface area contributed by atoms with Gasteiger partial charge in [0, 0.05) is 29.3 Å². The zero-order valence-electron chi connectivity index (χ0n) is 17.1. The van der Waals surface area contributed by atoms with Crippen LogP contribution in [0.1, 0.15) is 29.7 Å². The van der Waals surface area contributed by atoms with Crippen LogP contribution < -0.4 is 14.8 Å². The highest BCUT2D eigenvalue weighted by Gasteiger charge is 2.20. The van der Waals surface area contributed by atoms with Crippen molar-refractivity contribution in [1.82, 2.24) is 0 Å². The van der Waals surface area contributed by atoms with Crippen molar-refractivity contribution in [2.45, 2.75) is 18.6 Å². The molecule has 0 saturated carbocycles. The molecule has 0 heterocycles. The van der Waals surface area contributed by atoms with Crippen LogP contribution in [-0.4, -0.2) is 24.2 Å². The Morgan fingerprint density at radius 2 is 1.68 bits per heavy atom. The zero-order chi connectivity index (χ0) is 22.4. The summed E-state index contributed by atoms with van der Waals surface area (Å²) in [6.45, 7) is 0. The Balaban J connectivity index is 1.94. The second kappa shape index (κ2) is 10.1. The lowest BCUT2D eigenvalue weighted by atomic mass is 9.96. The van der Waals surface area contributed by atoms with Crippen molar-refractivity contribution < 1.29 is 19.5 Å². The molecular weight excluding hydrogens is 420 g/mol. The second-order valence-corrected chi connectivity index (χ2v) is 7.36. The number of benzene rings is 3. The SMILES string of the molecule is COc1ccc(C(CC(O)c2ccc(Cl)cc2)Nc2cccc([N+](=O)[O-])c2)cc1OC. The number of anilines is 1. The number of methoxy groups -OCH3 is 2. The molecule has 2 N–H and O–H groups in total. The summed E-state index contributed by atoms with van der Waals surface area (Å²) >= 11 is 5.95. The molecule has 0 aromatic heterocycles. The first-order valence-electron chi connectivity index (χ1n) is 9.57. The highest BCUT2D eigenvalue weighted by atomic mass is 35.5. The molecule has 0 saturated heterocycles. The van der Waals surface area contributed by atoms with Crippen molar-refractivity contribution in [3.63, 3.8) is 0 Å². The molecule has 7 nitrogen and oxygen atoms in total. The smallest absolute Gasteiger partial charge is 0.271 e. The first-order valence-corrected chi connectivity index (χ1v) is 9.95. The maximum Gasteiger partial charge on any atom is 0.271 e. The van der Waals surface area contributed by atoms with Crippen molar-refractivity contribution >= 4 is 23.0 Å². The maximum atomic E-state index is 11.1. The van der Waals surface area contributed by atoms with Crippen molar-refractivity contribution in [3.8, 4) is 11.5 Å². The Hall–Kier alpha value is -3.29. The van der Waals surface area contributed by atoms with Crippen LogP contribution in [0.5, 0.6) is 11.5 Å². The van der Waals surface area contributed by atoms with Crippen molar-refractivity contribution in [2.24, 2.45) is 0 Å². The van der Waals surface area contributed by atoms with Crippen LogP contribution >= 0.6 is 11.6 Å². The second-order valence-electron chi connectivity index (χ2n) is 6.92. The van der Waals surface area contributed by atoms with E-state index in [9.17, 15) is 15.2 Å². The van der Waals surface area contributed by atoms with Gasteiger partial charge in [-0.05, 0) is 41.5 Å². The first-order chi connectivity index (χ1) is 14.9. The third-order valence-electron chi connectivity index (χ3n) is 4.92. The lowest BCUT2D eigenvalue weighted by Gasteiger charge is -2.24. The number of non-ortho nitro benzene ring substituents is 1. The monoisotopic (exact) mass is 442 g/mol. The zero-order valence-corrected chi connectivity index (χ0v) is 17.9. The molecule has 0 aliphatic heterocycles. The summed E-state index contributed by atoms with van der Waals surface area (Å²) in [5.74, 6) is 1.13. The highest BCUT2D eigenvalue weighted by molar-refractivity contribution is 6.30. The van der Waals surface area contributed by atoms with Gasteiger partial charge in [-0.1, -0.05) is 35.9 Å². The quantitative estimate of drug-likeness (QED) is 0.333. The lowest BCUT2D eigenvalue weighted by Crippen LogP contribution is -2.15. The molecule has 162 valence electrons. The summed E-state index contributed by atoms with van der Waals surface area (Å²) < 4.78 is 10.7. The lowest BCUT2D eigenvalue weighted by molar-refractivity contribution is -0.384. The molecule has 0 aliphatic rings. The maximum absolute atomic E-state index is 11.1. The van der Waals surface area contributed by atoms with Gasteiger partial charge < -0.3 is 19.9 Å². The number of nitrogens with one attached hydrogen (secondary N) is 1. The molecule has 31 heavy (non-hydrogen) atoms. The van der Waals surface area contributed by atoms with Gasteiger partial charge in [0.1, 0.15) is 0 Å². The third-order valence-corrected chi connectivity index (χ3v) is 5.17. The number of nitrogens with zero attached hydrogens (tertiary/aromatic N) is 1. The Labute approximate surface area is 185 Å². The first kappa shape index (κ1) is 22.4. The predicted octanol–water partition coefficient (Wildman–Crippen LogP) is 5.54. The van der Waals surface area contributed by atoms with Gasteiger partial charge in [-0.2, -0.15) is 0 Å². The molecule has 0 spiro atoms. The average Bonchev–Trinajstić information content (AvgIpc) is 2.78. The van der Waals surface area contributed by atoms with E-state index in [0.717, 1.165) is 11.1 Å². The van der Waals surface area contributed by atoms with Crippen molar-refractivity contribution in [2.75, 3.05) is 19.5 Å². The molecule has 2 atom stereocenters. The molecule has 3 rings (SSSR count). The standard InChI is InChI=1S/C23H23ClN2O5/c1-30-22-11-8-16(12-23(22)31-2)20(14-21(27)15-6-9-17(24)10-7-15)25-18-4-3-5-19(13-18)26(28)29/h3-13,20-21,25,27H,14H2,1-2H3. The van der Waals surface area contributed by atoms with Gasteiger partial charge in [-0.25, -0.2) is 0 Å². The summed E-state index contributed by atoms with van der Waals surface area (Å²) in [4.78, 5) is 10.7. The number of nitro groups is 1. The van der Waals surface area contributed by atoms with E-state index in [1.54, 1.807) is 56.7 Å². The fourth-order valence-corrected chi connectivity index (χ4v) is 3.43. The summed E-state index contributed by atoms with van der Waals surface area (Å²) in [5.41, 5.74) is 2.10. The summed E-state index contributed by atoms with van der Waals surface area (Å²) in [6, 6.07) is 18.3. The molecule has 0 bridgehead atoms. The fraction of sp³-hybridized carbons (Fsp3) is 0.217. The van der Waals surface area contributed by atoms with Crippen molar-refractivity contribution in [1.29, 1.82) is 0 Å². The fourth-order valence-electron chi connectivity index (χ4n) is 3.30. The largest absolute Gasteiger partial charge is 0.493 e. The van der Waals surface area contributed by atoms with Crippen LogP contribution in [0.2, 0.25) is 5.02 Å². The Bertz CT molecular complexity index is 1040. The van der Waals surface area contributed by atoms with Crippen LogP contribution in [0, 0.1) is 10.1 Å². The van der Waals surface area contributed by atoms with E-state index in [1.807, 2.05) is 12.1 Å². The van der Waals surface area contributed by atoms with Crippen LogP contribution in [0.3, 0.4) is 0 Å². The average molecular weight is 443 g/mol. The summed E-state index contributed by atoms with van der Waals surface area (Å²) in [7, 11) is 3.10. The number of aliphatic hydroxyl groups is 1. The van der Waals surface area contributed by atoms with E-state index in [0.29, 0.717) is 28.6 Å². The normalized spacial score (nSPS) is 12.6. The number of hydrogen-bond acceptors (Lipinski definition) is 6. The summed E-state index contributed by atoms with van der Waals surface area (Å²) in [6.07, 6.45) is -0.485. The molecule has 3 aromatic rings. The van der Waals surface area contributed by atoms with Gasteiger partial charge in [0.15, 0.2) is 11.5 Å². The summed E-state index contributed by atoms with van der Waals surface area (Å²) in [5, 5.41) is 25.9. The van der Waals surface area contributed by atoms with Gasteiger partial charge in [0.05, 0.1) is 31.3 Å². The predicted molar refractivity (Wildman–Crippen MR) is 120 cm³/mol. The number of ether oxygens (including phenoxy) is 2. The molecule has 8 heteroatoms. The topological polar surface area (TPSA) is 93.9 Å². The number of hydrogen-bond donors (Lipinski definition) is 2. The van der Waals surface area contributed by atoms with Gasteiger partial charge in [0.25, 0.3) is 5.69 Å². The van der Waals surface area contributed by atoms with Crippen molar-refractivity contribution in [3.05, 3.63) is 93.0 Å².